The Kier molecular flexibility index (Phi) is 2.68. The molecule has 3 nitrogen and oxygen atoms in total. The van der Waals surface area contributed by atoms with Crippen LogP contribution in [0, 0.1) is 6.92 Å². The van der Waals surface area contributed by atoms with Gasteiger partial charge in [0.15, 0.2) is 0 Å². The van der Waals surface area contributed by atoms with E-state index in [1.807, 2.05) is 37.3 Å². The van der Waals surface area contributed by atoms with E-state index in [-0.39, 0.29) is 5.63 Å². The molecule has 4 heteroatoms. The Morgan fingerprint density at radius 1 is 1.27 bits per heavy atom. The van der Waals surface area contributed by atoms with Crippen LogP contribution < -0.4 is 5.63 Å². The number of rotatable bonds is 2. The van der Waals surface area contributed by atoms with Crippen molar-refractivity contribution in [1.29, 1.82) is 0 Å². The molecule has 15 heavy (non-hydrogen) atoms. The van der Waals surface area contributed by atoms with E-state index in [1.165, 1.54) is 16.5 Å². The summed E-state index contributed by atoms with van der Waals surface area (Å²) in [4.78, 5) is 13.2. The van der Waals surface area contributed by atoms with E-state index in [0.717, 1.165) is 10.6 Å². The summed E-state index contributed by atoms with van der Waals surface area (Å²) in [6, 6.07) is 9.78. The van der Waals surface area contributed by atoms with Crippen molar-refractivity contribution < 1.29 is 4.52 Å². The maximum Gasteiger partial charge on any atom is 0.371 e. The fraction of sp³-hybridized carbons (Fsp3) is 0.182. The van der Waals surface area contributed by atoms with Gasteiger partial charge < -0.3 is 4.52 Å². The zero-order chi connectivity index (χ0) is 10.8. The molecule has 0 spiro atoms. The molecule has 0 radical (unpaired) electrons. The van der Waals surface area contributed by atoms with Crippen LogP contribution in [0.25, 0.3) is 0 Å². The third-order valence-electron chi connectivity index (χ3n) is 2.17. The van der Waals surface area contributed by atoms with Crippen LogP contribution in [0.4, 0.5) is 0 Å². The highest BCUT2D eigenvalue weighted by Crippen LogP contribution is 2.27. The lowest BCUT2D eigenvalue weighted by molar-refractivity contribution is 0.279. The zero-order valence-electron chi connectivity index (χ0n) is 8.56. The normalized spacial score (nSPS) is 10.5. The van der Waals surface area contributed by atoms with E-state index < -0.39 is 0 Å². The minimum Gasteiger partial charge on any atom is -0.335 e. The van der Waals surface area contributed by atoms with E-state index in [1.54, 1.807) is 7.05 Å². The molecular weight excluding hydrogens is 210 g/mol. The van der Waals surface area contributed by atoms with Crippen molar-refractivity contribution in [3.8, 4) is 0 Å². The first-order chi connectivity index (χ1) is 7.18. The first-order valence-electron chi connectivity index (χ1n) is 4.58. The lowest BCUT2D eigenvalue weighted by atomic mass is 10.4. The van der Waals surface area contributed by atoms with Gasteiger partial charge in [-0.05, 0) is 19.1 Å². The first kappa shape index (κ1) is 10.1. The Morgan fingerprint density at radius 2 is 1.93 bits per heavy atom. The Morgan fingerprint density at radius 3 is 2.47 bits per heavy atom. The molecule has 0 fully saturated rings. The second-order valence-electron chi connectivity index (χ2n) is 3.21. The van der Waals surface area contributed by atoms with Gasteiger partial charge in [0.2, 0.25) is 0 Å². The number of nitrogens with zero attached hydrogens (tertiary/aromatic N) is 1. The largest absolute Gasteiger partial charge is 0.371 e. The zero-order valence-corrected chi connectivity index (χ0v) is 9.38. The number of hydrogen-bond acceptors (Lipinski definition) is 3. The number of benzene rings is 1. The topological polar surface area (TPSA) is 35.1 Å². The molecule has 1 heterocycles. The number of aryl methyl sites for hydroxylation is 1. The lowest BCUT2D eigenvalue weighted by Crippen LogP contribution is -1.94. The summed E-state index contributed by atoms with van der Waals surface area (Å²) in [5, 5.41) is 0. The van der Waals surface area contributed by atoms with E-state index in [4.69, 9.17) is 4.52 Å². The molecule has 0 saturated heterocycles. The molecular formula is C11H11NO2S. The van der Waals surface area contributed by atoms with Crippen LogP contribution >= 0.6 is 11.8 Å². The summed E-state index contributed by atoms with van der Waals surface area (Å²) >= 11 is 1.43. The summed E-state index contributed by atoms with van der Waals surface area (Å²) in [6.45, 7) is 1.87. The monoisotopic (exact) mass is 221 g/mol. The average Bonchev–Trinajstić information content (AvgIpc) is 2.47. The smallest absolute Gasteiger partial charge is 0.335 e. The summed E-state index contributed by atoms with van der Waals surface area (Å²) < 4.78 is 6.45. The van der Waals surface area contributed by atoms with Crippen molar-refractivity contribution in [3.05, 3.63) is 46.4 Å². The minimum absolute atomic E-state index is 0.274. The average molecular weight is 221 g/mol. The van der Waals surface area contributed by atoms with E-state index in [0.29, 0.717) is 4.90 Å². The molecule has 1 aromatic heterocycles. The van der Waals surface area contributed by atoms with Crippen LogP contribution in [-0.4, -0.2) is 4.74 Å². The second kappa shape index (κ2) is 3.98. The summed E-state index contributed by atoms with van der Waals surface area (Å²) in [6.07, 6.45) is 0. The van der Waals surface area contributed by atoms with Crippen molar-refractivity contribution in [2.45, 2.75) is 16.7 Å². The van der Waals surface area contributed by atoms with E-state index in [2.05, 4.69) is 0 Å². The molecule has 2 aromatic rings. The third kappa shape index (κ3) is 1.99. The summed E-state index contributed by atoms with van der Waals surface area (Å²) in [7, 11) is 1.73. The standard InChI is InChI=1S/C11H11NO2S/c1-8-10(11(13)14-12(8)2)15-9-6-4-3-5-7-9/h3-7H,1-2H3. The Balaban J connectivity index is 2.37. The van der Waals surface area contributed by atoms with Gasteiger partial charge in [0, 0.05) is 11.9 Å². The molecule has 78 valence electrons. The Labute approximate surface area is 91.7 Å². The fourth-order valence-electron chi connectivity index (χ4n) is 1.25. The quantitative estimate of drug-likeness (QED) is 0.781. The highest BCUT2D eigenvalue weighted by atomic mass is 32.2. The van der Waals surface area contributed by atoms with Gasteiger partial charge in [-0.2, -0.15) is 0 Å². The predicted octanol–water partition coefficient (Wildman–Crippen LogP) is 2.44. The fourth-order valence-corrected chi connectivity index (χ4v) is 2.17. The van der Waals surface area contributed by atoms with Crippen molar-refractivity contribution in [1.82, 2.24) is 4.74 Å². The molecule has 0 unspecified atom stereocenters. The molecule has 0 saturated carbocycles. The van der Waals surface area contributed by atoms with Gasteiger partial charge in [-0.1, -0.05) is 30.0 Å². The van der Waals surface area contributed by atoms with Gasteiger partial charge in [0.1, 0.15) is 4.90 Å². The van der Waals surface area contributed by atoms with Crippen LogP contribution in [0.2, 0.25) is 0 Å². The van der Waals surface area contributed by atoms with E-state index in [9.17, 15) is 4.79 Å². The van der Waals surface area contributed by atoms with E-state index >= 15 is 0 Å². The Bertz CT molecular complexity index is 513. The predicted molar refractivity (Wildman–Crippen MR) is 59.3 cm³/mol. The summed E-state index contributed by atoms with van der Waals surface area (Å²) in [5.41, 5.74) is 0.581. The van der Waals surface area contributed by atoms with Crippen LogP contribution in [-0.2, 0) is 7.05 Å². The van der Waals surface area contributed by atoms with Gasteiger partial charge in [-0.25, -0.2) is 9.53 Å². The Hall–Kier alpha value is -1.42. The lowest BCUT2D eigenvalue weighted by Gasteiger charge is -1.97. The molecule has 0 amide bonds. The second-order valence-corrected chi connectivity index (χ2v) is 4.29. The molecule has 0 aliphatic heterocycles. The molecule has 0 aliphatic rings. The van der Waals surface area contributed by atoms with Gasteiger partial charge >= 0.3 is 5.63 Å². The maximum atomic E-state index is 11.5. The highest BCUT2D eigenvalue weighted by Gasteiger charge is 2.12. The van der Waals surface area contributed by atoms with Gasteiger partial charge in [0.25, 0.3) is 0 Å². The summed E-state index contributed by atoms with van der Waals surface area (Å²) in [5.74, 6) is 0. The van der Waals surface area contributed by atoms with Crippen molar-refractivity contribution in [3.63, 3.8) is 0 Å². The third-order valence-corrected chi connectivity index (χ3v) is 3.34. The van der Waals surface area contributed by atoms with Crippen molar-refractivity contribution in [2.75, 3.05) is 0 Å². The van der Waals surface area contributed by atoms with Gasteiger partial charge in [-0.15, -0.1) is 0 Å². The maximum absolute atomic E-state index is 11.5. The molecule has 0 atom stereocenters. The highest BCUT2D eigenvalue weighted by molar-refractivity contribution is 7.99. The molecule has 0 N–H and O–H groups in total. The van der Waals surface area contributed by atoms with Crippen molar-refractivity contribution >= 4 is 11.8 Å². The minimum atomic E-state index is -0.274. The number of hydrogen-bond donors (Lipinski definition) is 0. The van der Waals surface area contributed by atoms with Crippen LogP contribution in [0.3, 0.4) is 0 Å². The van der Waals surface area contributed by atoms with Crippen LogP contribution in [0.5, 0.6) is 0 Å². The van der Waals surface area contributed by atoms with Gasteiger partial charge in [-0.3, -0.25) is 0 Å². The molecule has 1 aromatic carbocycles. The molecule has 2 rings (SSSR count). The van der Waals surface area contributed by atoms with Crippen LogP contribution in [0.1, 0.15) is 5.69 Å². The first-order valence-corrected chi connectivity index (χ1v) is 5.40. The van der Waals surface area contributed by atoms with Crippen molar-refractivity contribution in [2.24, 2.45) is 7.05 Å². The van der Waals surface area contributed by atoms with Crippen LogP contribution in [0.15, 0.2) is 49.4 Å². The molecule has 0 aliphatic carbocycles. The molecule has 0 bridgehead atoms. The van der Waals surface area contributed by atoms with Gasteiger partial charge in [0.05, 0.1) is 5.69 Å². The number of aromatic nitrogens is 1. The SMILES string of the molecule is Cc1c(Sc2ccccc2)c(=O)on1C.